The van der Waals surface area contributed by atoms with Gasteiger partial charge in [0.05, 0.1) is 18.1 Å². The molecule has 0 unspecified atom stereocenters. The number of fused-ring (bicyclic) bond motifs is 2. The van der Waals surface area contributed by atoms with E-state index in [-0.39, 0.29) is 23.7 Å². The van der Waals surface area contributed by atoms with Gasteiger partial charge in [0.25, 0.3) is 0 Å². The van der Waals surface area contributed by atoms with Crippen molar-refractivity contribution in [2.75, 3.05) is 31.1 Å². The first-order valence-electron chi connectivity index (χ1n) is 15.0. The lowest BCUT2D eigenvalue weighted by Gasteiger charge is -2.43. The fourth-order valence-corrected chi connectivity index (χ4v) is 7.10. The van der Waals surface area contributed by atoms with E-state index in [9.17, 15) is 14.4 Å². The number of ether oxygens (including phenoxy) is 1. The summed E-state index contributed by atoms with van der Waals surface area (Å²) in [6.07, 6.45) is 6.03. The third kappa shape index (κ3) is 4.58. The van der Waals surface area contributed by atoms with Gasteiger partial charge in [-0.1, -0.05) is 36.4 Å². The molecule has 2 amide bonds. The summed E-state index contributed by atoms with van der Waals surface area (Å²) in [5.41, 5.74) is 5.58. The van der Waals surface area contributed by atoms with E-state index in [0.29, 0.717) is 37.5 Å². The van der Waals surface area contributed by atoms with Crippen LogP contribution in [0, 0.1) is 5.92 Å². The summed E-state index contributed by atoms with van der Waals surface area (Å²) in [4.78, 5) is 49.4. The van der Waals surface area contributed by atoms with Crippen molar-refractivity contribution in [2.45, 2.75) is 31.6 Å². The Labute approximate surface area is 249 Å². The molecule has 3 aromatic carbocycles. The van der Waals surface area contributed by atoms with Crippen molar-refractivity contribution >= 4 is 45.3 Å². The molecule has 7 rings (SSSR count). The Kier molecular flexibility index (Phi) is 6.76. The number of esters is 1. The standard InChI is InChI=1S/C35H34N4O4/c1-2-43-34(42)23-11-13-25(14-12-23)39-22-24(19-32(39)40)33(41)38-17-15-35(16-18-38,28-20-36-30-9-5-3-7-26(28)30)29-21-37-31-10-6-4-8-27(29)31/h3-14,20-21,24,36-37H,2,15-19,22H2,1H3/t24-/m1/s1. The fraction of sp³-hybridized carbons (Fsp3) is 0.286. The van der Waals surface area contributed by atoms with Gasteiger partial charge in [-0.05, 0) is 67.3 Å². The molecule has 218 valence electrons. The maximum atomic E-state index is 13.8. The molecule has 0 saturated carbocycles. The SMILES string of the molecule is CCOC(=O)c1ccc(N2C[C@H](C(=O)N3CCC(c4c[nH]c5ccccc45)(c4c[nH]c5ccccc45)CC3)CC2=O)cc1. The van der Waals surface area contributed by atoms with E-state index in [2.05, 4.69) is 58.8 Å². The Morgan fingerprint density at radius 3 is 2.02 bits per heavy atom. The Bertz CT molecular complexity index is 1750. The zero-order chi connectivity index (χ0) is 29.6. The molecule has 43 heavy (non-hydrogen) atoms. The van der Waals surface area contributed by atoms with Crippen LogP contribution in [0.1, 0.15) is 47.7 Å². The summed E-state index contributed by atoms with van der Waals surface area (Å²) < 4.78 is 5.06. The molecule has 0 bridgehead atoms. The highest BCUT2D eigenvalue weighted by molar-refractivity contribution is 6.01. The number of nitrogens with zero attached hydrogens (tertiary/aromatic N) is 2. The van der Waals surface area contributed by atoms with E-state index in [0.717, 1.165) is 23.9 Å². The zero-order valence-electron chi connectivity index (χ0n) is 24.1. The Morgan fingerprint density at radius 2 is 1.44 bits per heavy atom. The number of nitrogens with one attached hydrogen (secondary N) is 2. The average Bonchev–Trinajstić information content (AvgIpc) is 3.78. The molecule has 2 aliphatic rings. The highest BCUT2D eigenvalue weighted by Gasteiger charge is 2.44. The zero-order valence-corrected chi connectivity index (χ0v) is 24.1. The predicted octanol–water partition coefficient (Wildman–Crippen LogP) is 5.79. The molecule has 2 aromatic heterocycles. The van der Waals surface area contributed by atoms with Crippen LogP contribution in [0.5, 0.6) is 0 Å². The lowest BCUT2D eigenvalue weighted by atomic mass is 9.67. The number of carbonyl (C=O) groups excluding carboxylic acids is 3. The minimum Gasteiger partial charge on any atom is -0.462 e. The number of piperidine rings is 1. The van der Waals surface area contributed by atoms with Crippen LogP contribution in [-0.4, -0.2) is 58.9 Å². The van der Waals surface area contributed by atoms with E-state index in [1.54, 1.807) is 36.1 Å². The van der Waals surface area contributed by atoms with Gasteiger partial charge in [0.1, 0.15) is 0 Å². The normalized spacial score (nSPS) is 18.4. The van der Waals surface area contributed by atoms with E-state index >= 15 is 0 Å². The molecule has 0 spiro atoms. The van der Waals surface area contributed by atoms with Crippen molar-refractivity contribution in [3.63, 3.8) is 0 Å². The van der Waals surface area contributed by atoms with Crippen LogP contribution in [0.2, 0.25) is 0 Å². The third-order valence-electron chi connectivity index (χ3n) is 9.30. The molecule has 2 aliphatic heterocycles. The molecule has 4 heterocycles. The second-order valence-electron chi connectivity index (χ2n) is 11.6. The van der Waals surface area contributed by atoms with E-state index in [1.807, 2.05) is 17.0 Å². The van der Waals surface area contributed by atoms with Crippen molar-refractivity contribution in [3.05, 3.63) is 102 Å². The van der Waals surface area contributed by atoms with Crippen LogP contribution in [0.4, 0.5) is 5.69 Å². The van der Waals surface area contributed by atoms with Crippen LogP contribution < -0.4 is 4.90 Å². The number of likely N-dealkylation sites (tertiary alicyclic amines) is 1. The molecule has 8 nitrogen and oxygen atoms in total. The Hall–Kier alpha value is -4.85. The lowest BCUT2D eigenvalue weighted by molar-refractivity contribution is -0.137. The van der Waals surface area contributed by atoms with Crippen LogP contribution in [0.3, 0.4) is 0 Å². The molecule has 8 heteroatoms. The summed E-state index contributed by atoms with van der Waals surface area (Å²) >= 11 is 0. The van der Waals surface area contributed by atoms with Crippen LogP contribution >= 0.6 is 0 Å². The first-order chi connectivity index (χ1) is 21.0. The smallest absolute Gasteiger partial charge is 0.338 e. The third-order valence-corrected chi connectivity index (χ3v) is 9.30. The van der Waals surface area contributed by atoms with Gasteiger partial charge in [-0.15, -0.1) is 0 Å². The van der Waals surface area contributed by atoms with Crippen molar-refractivity contribution in [1.29, 1.82) is 0 Å². The fourth-order valence-electron chi connectivity index (χ4n) is 7.10. The number of aromatic amines is 2. The monoisotopic (exact) mass is 574 g/mol. The molecule has 0 aliphatic carbocycles. The number of carbonyl (C=O) groups is 3. The minimum atomic E-state index is -0.397. The van der Waals surface area contributed by atoms with Gasteiger partial charge in [-0.3, -0.25) is 9.59 Å². The number of benzene rings is 3. The van der Waals surface area contributed by atoms with Crippen molar-refractivity contribution in [3.8, 4) is 0 Å². The lowest BCUT2D eigenvalue weighted by Crippen LogP contribution is -2.47. The van der Waals surface area contributed by atoms with Crippen LogP contribution in [0.25, 0.3) is 21.8 Å². The van der Waals surface area contributed by atoms with Crippen molar-refractivity contribution in [2.24, 2.45) is 5.92 Å². The maximum Gasteiger partial charge on any atom is 0.338 e. The summed E-state index contributed by atoms with van der Waals surface area (Å²) in [6.45, 7) is 3.62. The van der Waals surface area contributed by atoms with Gasteiger partial charge in [0, 0.05) is 71.4 Å². The van der Waals surface area contributed by atoms with Crippen molar-refractivity contribution in [1.82, 2.24) is 14.9 Å². The minimum absolute atomic E-state index is 0.0328. The summed E-state index contributed by atoms with van der Waals surface area (Å²) in [5, 5.41) is 2.41. The van der Waals surface area contributed by atoms with E-state index in [1.165, 1.54) is 21.9 Å². The molecule has 2 N–H and O–H groups in total. The second-order valence-corrected chi connectivity index (χ2v) is 11.6. The molecule has 0 radical (unpaired) electrons. The average molecular weight is 575 g/mol. The van der Waals surface area contributed by atoms with E-state index < -0.39 is 11.9 Å². The number of amides is 2. The first kappa shape index (κ1) is 27.0. The van der Waals surface area contributed by atoms with E-state index in [4.69, 9.17) is 4.74 Å². The predicted molar refractivity (Wildman–Crippen MR) is 166 cm³/mol. The number of H-pyrrole nitrogens is 2. The van der Waals surface area contributed by atoms with Crippen LogP contribution in [-0.2, 0) is 19.7 Å². The molecular weight excluding hydrogens is 540 g/mol. The second kappa shape index (κ2) is 10.8. The summed E-state index contributed by atoms with van der Waals surface area (Å²) in [5.74, 6) is -0.834. The van der Waals surface area contributed by atoms with Gasteiger partial charge in [0.15, 0.2) is 0 Å². The molecular formula is C35H34N4O4. The number of rotatable bonds is 6. The van der Waals surface area contributed by atoms with Gasteiger partial charge < -0.3 is 24.5 Å². The number of para-hydroxylation sites is 2. The number of hydrogen-bond acceptors (Lipinski definition) is 4. The Balaban J connectivity index is 1.12. The molecule has 5 aromatic rings. The summed E-state index contributed by atoms with van der Waals surface area (Å²) in [7, 11) is 0. The maximum absolute atomic E-state index is 13.8. The topological polar surface area (TPSA) is 98.5 Å². The van der Waals surface area contributed by atoms with Gasteiger partial charge in [0.2, 0.25) is 11.8 Å². The van der Waals surface area contributed by atoms with Gasteiger partial charge in [-0.25, -0.2) is 4.79 Å². The molecule has 1 atom stereocenters. The molecule has 2 fully saturated rings. The quantitative estimate of drug-likeness (QED) is 0.251. The van der Waals surface area contributed by atoms with Crippen molar-refractivity contribution < 1.29 is 19.1 Å². The highest BCUT2D eigenvalue weighted by Crippen LogP contribution is 2.47. The largest absolute Gasteiger partial charge is 0.462 e. The Morgan fingerprint density at radius 1 is 0.860 bits per heavy atom. The number of anilines is 1. The van der Waals surface area contributed by atoms with Gasteiger partial charge >= 0.3 is 5.97 Å². The highest BCUT2D eigenvalue weighted by atomic mass is 16.5. The molecule has 2 saturated heterocycles. The summed E-state index contributed by atoms with van der Waals surface area (Å²) in [6, 6.07) is 23.6. The number of hydrogen-bond donors (Lipinski definition) is 2. The number of aromatic nitrogens is 2. The van der Waals surface area contributed by atoms with Gasteiger partial charge in [-0.2, -0.15) is 0 Å². The van der Waals surface area contributed by atoms with Crippen LogP contribution in [0.15, 0.2) is 85.2 Å². The first-order valence-corrected chi connectivity index (χ1v) is 15.0.